The molecule has 2 N–H and O–H groups in total. The number of nitrogens with zero attached hydrogens (tertiary/aromatic N) is 4. The van der Waals surface area contributed by atoms with Crippen LogP contribution < -0.4 is 15.4 Å². The number of nitrogens with one attached hydrogen (secondary N) is 1. The Morgan fingerprint density at radius 3 is 2.78 bits per heavy atom. The average Bonchev–Trinajstić information content (AvgIpc) is 3.19. The number of hydrogen-bond acceptors (Lipinski definition) is 7. The molecule has 0 bridgehead atoms. The molecular weight excluding hydrogens is 463 g/mol. The second-order valence-electron chi connectivity index (χ2n) is 6.55. The van der Waals surface area contributed by atoms with Gasteiger partial charge in [0.05, 0.1) is 40.8 Å². The Kier molecular flexibility index (Phi) is 5.89. The van der Waals surface area contributed by atoms with Crippen molar-refractivity contribution in [3.8, 4) is 17.1 Å². The lowest BCUT2D eigenvalue weighted by Crippen LogP contribution is -2.35. The Bertz CT molecular complexity index is 1360. The normalized spacial score (nSPS) is 10.9. The number of aromatic carboxylic acids is 1. The van der Waals surface area contributed by atoms with E-state index in [1.165, 1.54) is 42.5 Å². The third-order valence-electron chi connectivity index (χ3n) is 4.59. The van der Waals surface area contributed by atoms with Gasteiger partial charge in [-0.25, -0.2) is 23.5 Å². The molecule has 0 atom stereocenters. The van der Waals surface area contributed by atoms with E-state index in [1.807, 2.05) is 0 Å². The van der Waals surface area contributed by atoms with E-state index < -0.39 is 29.3 Å². The van der Waals surface area contributed by atoms with Crippen molar-refractivity contribution >= 4 is 52.8 Å². The van der Waals surface area contributed by atoms with Crippen LogP contribution in [-0.4, -0.2) is 43.7 Å². The molecule has 3 aromatic heterocycles. The summed E-state index contributed by atoms with van der Waals surface area (Å²) >= 11 is 10.4. The van der Waals surface area contributed by atoms with Crippen LogP contribution in [0.25, 0.3) is 16.8 Å². The lowest BCUT2D eigenvalue weighted by molar-refractivity contribution is 0.0693. The van der Waals surface area contributed by atoms with Gasteiger partial charge >= 0.3 is 12.1 Å². The highest BCUT2D eigenvalue weighted by Crippen LogP contribution is 2.30. The van der Waals surface area contributed by atoms with Gasteiger partial charge in [0.2, 0.25) is 5.88 Å². The van der Waals surface area contributed by atoms with Crippen LogP contribution in [0, 0.1) is 11.6 Å². The second kappa shape index (κ2) is 8.63. The zero-order valence-electron chi connectivity index (χ0n) is 16.3. The molecule has 0 amide bonds. The fraction of sp³-hybridized carbons (Fsp3) is 0.0526. The predicted octanol–water partition coefficient (Wildman–Crippen LogP) is 3.17. The summed E-state index contributed by atoms with van der Waals surface area (Å²) in [4.78, 5) is 23.1. The lowest BCUT2D eigenvalue weighted by Gasteiger charge is -2.16. The lowest BCUT2D eigenvalue weighted by atomic mass is 9.80. The van der Waals surface area contributed by atoms with Gasteiger partial charge in [-0.2, -0.15) is 12.5 Å². The molecule has 0 spiro atoms. The maximum absolute atomic E-state index is 15.3. The monoisotopic (exact) mass is 475 g/mol. The Balaban J connectivity index is 1.73. The molecular formula is C19H13BClF2N5O3S. The molecule has 3 heterocycles. The SMILES string of the molecule is COc1ncc(Cl)cc1B(S)Nc1ccc(F)c(-c2cn3cnc(C(=O)O)c3cn2)c1F. The molecule has 4 aromatic rings. The van der Waals surface area contributed by atoms with E-state index in [0.29, 0.717) is 10.5 Å². The molecule has 0 saturated carbocycles. The van der Waals surface area contributed by atoms with Crippen molar-refractivity contribution in [2.45, 2.75) is 0 Å². The van der Waals surface area contributed by atoms with Crippen molar-refractivity contribution < 1.29 is 23.4 Å². The Labute approximate surface area is 190 Å². The number of carboxylic acids is 1. The van der Waals surface area contributed by atoms with E-state index in [4.69, 9.17) is 21.4 Å². The smallest absolute Gasteiger partial charge is 0.357 e. The molecule has 4 rings (SSSR count). The van der Waals surface area contributed by atoms with Crippen LogP contribution in [0.1, 0.15) is 10.5 Å². The van der Waals surface area contributed by atoms with Gasteiger partial charge in [0.25, 0.3) is 0 Å². The molecule has 0 radical (unpaired) electrons. The quantitative estimate of drug-likeness (QED) is 0.291. The summed E-state index contributed by atoms with van der Waals surface area (Å²) in [6, 6.07) is 3.87. The number of carbonyl (C=O) groups is 1. The maximum Gasteiger partial charge on any atom is 0.357 e. The number of carboxylic acid groups (broad SMARTS) is 1. The molecule has 162 valence electrons. The number of rotatable bonds is 6. The van der Waals surface area contributed by atoms with Gasteiger partial charge in [0.1, 0.15) is 12.1 Å². The van der Waals surface area contributed by atoms with Crippen LogP contribution in [-0.2, 0) is 0 Å². The fourth-order valence-electron chi connectivity index (χ4n) is 3.12. The summed E-state index contributed by atoms with van der Waals surface area (Å²) in [5.74, 6) is -2.76. The molecule has 1 aromatic carbocycles. The summed E-state index contributed by atoms with van der Waals surface area (Å²) in [5, 5.41) is 12.3. The molecule has 8 nitrogen and oxygen atoms in total. The van der Waals surface area contributed by atoms with E-state index in [0.717, 1.165) is 6.07 Å². The standard InChI is InChI=1S/C19H13BClF2N5O3S/c1-31-18-10(4-9(21)5-25-18)20(32)27-12-3-2-11(22)15(16(12)23)13-7-28-8-26-17(19(29)30)14(28)6-24-13/h2-8,27,32H,1H3,(H,29,30). The first-order valence-electron chi connectivity index (χ1n) is 8.98. The number of fused-ring (bicyclic) bond motifs is 1. The first-order chi connectivity index (χ1) is 15.3. The van der Waals surface area contributed by atoms with E-state index >= 15 is 4.39 Å². The fourth-order valence-corrected chi connectivity index (χ4v) is 3.61. The van der Waals surface area contributed by atoms with Crippen molar-refractivity contribution in [2.75, 3.05) is 12.3 Å². The van der Waals surface area contributed by atoms with Gasteiger partial charge in [0, 0.05) is 17.9 Å². The number of ether oxygens (including phenoxy) is 1. The minimum Gasteiger partial charge on any atom is -0.481 e. The highest BCUT2D eigenvalue weighted by atomic mass is 35.5. The molecule has 0 aliphatic heterocycles. The molecule has 13 heteroatoms. The Hall–Kier alpha value is -3.38. The van der Waals surface area contributed by atoms with Gasteiger partial charge in [0.15, 0.2) is 11.5 Å². The summed E-state index contributed by atoms with van der Waals surface area (Å²) in [6.45, 7) is 0. The van der Waals surface area contributed by atoms with Crippen molar-refractivity contribution in [3.05, 3.63) is 65.5 Å². The van der Waals surface area contributed by atoms with Crippen molar-refractivity contribution in [3.63, 3.8) is 0 Å². The van der Waals surface area contributed by atoms with Crippen LogP contribution in [0.4, 0.5) is 14.5 Å². The number of thiol groups is 1. The summed E-state index contributed by atoms with van der Waals surface area (Å²) in [5.41, 5.74) is -0.0907. The van der Waals surface area contributed by atoms with Crippen LogP contribution in [0.3, 0.4) is 0 Å². The van der Waals surface area contributed by atoms with Gasteiger partial charge in [-0.3, -0.25) is 4.98 Å². The molecule has 0 aliphatic carbocycles. The van der Waals surface area contributed by atoms with E-state index in [-0.39, 0.29) is 28.5 Å². The van der Waals surface area contributed by atoms with Crippen LogP contribution >= 0.6 is 24.1 Å². The largest absolute Gasteiger partial charge is 0.481 e. The number of anilines is 1. The second-order valence-corrected chi connectivity index (χ2v) is 7.50. The molecule has 0 saturated heterocycles. The highest BCUT2D eigenvalue weighted by molar-refractivity contribution is 8.12. The number of aromatic nitrogens is 4. The zero-order chi connectivity index (χ0) is 23.0. The third kappa shape index (κ3) is 3.94. The molecule has 32 heavy (non-hydrogen) atoms. The van der Waals surface area contributed by atoms with Gasteiger partial charge < -0.3 is 19.5 Å². The van der Waals surface area contributed by atoms with E-state index in [1.54, 1.807) is 6.07 Å². The minimum absolute atomic E-state index is 0.0526. The first kappa shape index (κ1) is 21.8. The van der Waals surface area contributed by atoms with Gasteiger partial charge in [-0.15, -0.1) is 0 Å². The van der Waals surface area contributed by atoms with E-state index in [9.17, 15) is 9.18 Å². The first-order valence-corrected chi connectivity index (χ1v) is 9.88. The Morgan fingerprint density at radius 2 is 2.06 bits per heavy atom. The number of methoxy groups -OCH3 is 1. The topological polar surface area (TPSA) is 102 Å². The number of halogens is 3. The molecule has 0 fully saturated rings. The molecule has 0 aliphatic rings. The zero-order valence-corrected chi connectivity index (χ0v) is 17.9. The van der Waals surface area contributed by atoms with Crippen LogP contribution in [0.15, 0.2) is 43.1 Å². The summed E-state index contributed by atoms with van der Waals surface area (Å²) < 4.78 is 36.4. The number of pyridine rings is 1. The van der Waals surface area contributed by atoms with Crippen LogP contribution in [0.2, 0.25) is 5.02 Å². The van der Waals surface area contributed by atoms with E-state index in [2.05, 4.69) is 32.7 Å². The van der Waals surface area contributed by atoms with Crippen LogP contribution in [0.5, 0.6) is 5.88 Å². The maximum atomic E-state index is 15.3. The van der Waals surface area contributed by atoms with Crippen molar-refractivity contribution in [2.24, 2.45) is 0 Å². The highest BCUT2D eigenvalue weighted by Gasteiger charge is 2.24. The van der Waals surface area contributed by atoms with Gasteiger partial charge in [-0.1, -0.05) is 11.6 Å². The summed E-state index contributed by atoms with van der Waals surface area (Å²) in [7, 11) is 1.42. The number of imidazole rings is 1. The number of hydrogen-bond donors (Lipinski definition) is 3. The summed E-state index contributed by atoms with van der Waals surface area (Å²) in [6.07, 6.45) is 4.32. The molecule has 0 unspecified atom stereocenters. The van der Waals surface area contributed by atoms with Crippen molar-refractivity contribution in [1.29, 1.82) is 0 Å². The minimum atomic E-state index is -1.24. The van der Waals surface area contributed by atoms with Gasteiger partial charge in [-0.05, 0) is 18.2 Å². The Morgan fingerprint density at radius 1 is 1.28 bits per heavy atom. The third-order valence-corrected chi connectivity index (χ3v) is 5.21. The predicted molar refractivity (Wildman–Crippen MR) is 119 cm³/mol. The average molecular weight is 476 g/mol. The van der Waals surface area contributed by atoms with Crippen molar-refractivity contribution in [1.82, 2.24) is 19.4 Å². The number of benzene rings is 1.